The van der Waals surface area contributed by atoms with Gasteiger partial charge in [0.05, 0.1) is 12.6 Å². The van der Waals surface area contributed by atoms with E-state index in [1.165, 1.54) is 0 Å². The van der Waals surface area contributed by atoms with Crippen LogP contribution in [0.15, 0.2) is 4.99 Å². The van der Waals surface area contributed by atoms with E-state index in [9.17, 15) is 0 Å². The Labute approximate surface area is 56.7 Å². The first-order valence-electron chi connectivity index (χ1n) is 2.75. The van der Waals surface area contributed by atoms with Gasteiger partial charge >= 0.3 is 0 Å². The summed E-state index contributed by atoms with van der Waals surface area (Å²) in [6.45, 7) is 2.42. The second-order valence-electron chi connectivity index (χ2n) is 1.81. The van der Waals surface area contributed by atoms with Crippen molar-refractivity contribution in [2.24, 2.45) is 10.7 Å². The molecule has 0 aromatic carbocycles. The SMILES string of the molecule is [B]C(N)=NC[C@H](C)OC. The molecule has 0 fully saturated rings. The first-order valence-corrected chi connectivity index (χ1v) is 2.75. The predicted octanol–water partition coefficient (Wildman–Crippen LogP) is -0.496. The quantitative estimate of drug-likeness (QED) is 0.315. The standard InChI is InChI=1S/C5H11BN2O/c1-4(9-2)3-8-5(6)7/h4H,3H2,1-2H3,(H2,7,8)/t4-/m0/s1. The lowest BCUT2D eigenvalue weighted by atomic mass is 10.1. The molecule has 0 amide bonds. The van der Waals surface area contributed by atoms with E-state index in [-0.39, 0.29) is 11.8 Å². The van der Waals surface area contributed by atoms with E-state index in [0.717, 1.165) is 0 Å². The van der Waals surface area contributed by atoms with Crippen LogP contribution < -0.4 is 5.73 Å². The van der Waals surface area contributed by atoms with E-state index in [2.05, 4.69) is 4.99 Å². The maximum absolute atomic E-state index is 5.07. The van der Waals surface area contributed by atoms with Gasteiger partial charge in [-0.3, -0.25) is 4.99 Å². The fourth-order valence-corrected chi connectivity index (χ4v) is 0.308. The molecule has 0 bridgehead atoms. The minimum Gasteiger partial charge on any atom is -0.397 e. The predicted molar refractivity (Wildman–Crippen MR) is 38.7 cm³/mol. The molecular formula is C5H11BN2O. The summed E-state index contributed by atoms with van der Waals surface area (Å²) in [6, 6.07) is 0. The fourth-order valence-electron chi connectivity index (χ4n) is 0.308. The van der Waals surface area contributed by atoms with Crippen LogP contribution >= 0.6 is 0 Å². The molecule has 4 heteroatoms. The number of methoxy groups -OCH3 is 1. The summed E-state index contributed by atoms with van der Waals surface area (Å²) in [5, 5.41) is 0. The van der Waals surface area contributed by atoms with E-state index in [4.69, 9.17) is 18.3 Å². The number of hydrogen-bond donors (Lipinski definition) is 1. The van der Waals surface area contributed by atoms with Gasteiger partial charge in [0.1, 0.15) is 0 Å². The van der Waals surface area contributed by atoms with Crippen molar-refractivity contribution < 1.29 is 4.74 Å². The Morgan fingerprint density at radius 2 is 2.44 bits per heavy atom. The first kappa shape index (κ1) is 8.49. The summed E-state index contributed by atoms with van der Waals surface area (Å²) in [5.41, 5.74) is 5.18. The zero-order valence-corrected chi connectivity index (χ0v) is 5.79. The highest BCUT2D eigenvalue weighted by Gasteiger charge is 1.94. The monoisotopic (exact) mass is 126 g/mol. The van der Waals surface area contributed by atoms with Gasteiger partial charge in [-0.05, 0) is 6.92 Å². The number of ether oxygens (including phenoxy) is 1. The molecule has 0 saturated carbocycles. The molecule has 0 aliphatic rings. The number of amidine groups is 1. The zero-order valence-electron chi connectivity index (χ0n) is 5.79. The lowest BCUT2D eigenvalue weighted by Crippen LogP contribution is -2.16. The molecule has 0 aliphatic carbocycles. The van der Waals surface area contributed by atoms with Gasteiger partial charge in [-0.2, -0.15) is 0 Å². The Balaban J connectivity index is 3.37. The van der Waals surface area contributed by atoms with Crippen LogP contribution in [0.1, 0.15) is 6.92 Å². The highest BCUT2D eigenvalue weighted by Crippen LogP contribution is 1.86. The van der Waals surface area contributed by atoms with Gasteiger partial charge in [0.2, 0.25) is 0 Å². The molecule has 0 aromatic heterocycles. The van der Waals surface area contributed by atoms with Crippen LogP contribution in [0.25, 0.3) is 0 Å². The second-order valence-corrected chi connectivity index (χ2v) is 1.81. The molecule has 0 aromatic rings. The Hall–Kier alpha value is -0.505. The van der Waals surface area contributed by atoms with Gasteiger partial charge in [-0.1, -0.05) is 0 Å². The van der Waals surface area contributed by atoms with Crippen LogP contribution in [0.3, 0.4) is 0 Å². The number of rotatable bonds is 3. The molecule has 50 valence electrons. The molecular weight excluding hydrogens is 115 g/mol. The number of hydrogen-bond acceptors (Lipinski definition) is 2. The average Bonchev–Trinajstić information content (AvgIpc) is 1.83. The van der Waals surface area contributed by atoms with Gasteiger partial charge in [0.15, 0.2) is 7.85 Å². The maximum atomic E-state index is 5.07. The van der Waals surface area contributed by atoms with Crippen molar-refractivity contribution in [2.75, 3.05) is 13.7 Å². The normalized spacial score (nSPS) is 15.6. The molecule has 9 heavy (non-hydrogen) atoms. The van der Waals surface area contributed by atoms with Crippen molar-refractivity contribution >= 4 is 13.6 Å². The van der Waals surface area contributed by atoms with E-state index in [1.807, 2.05) is 6.92 Å². The minimum absolute atomic E-state index is 0.0899. The summed E-state index contributed by atoms with van der Waals surface area (Å²) in [6.07, 6.45) is 0.0899. The Kier molecular flexibility index (Phi) is 4.14. The summed E-state index contributed by atoms with van der Waals surface area (Å²) in [5.74, 6) is 0. The molecule has 0 unspecified atom stereocenters. The molecule has 0 saturated heterocycles. The van der Waals surface area contributed by atoms with Crippen molar-refractivity contribution in [3.8, 4) is 0 Å². The average molecular weight is 126 g/mol. The highest BCUT2D eigenvalue weighted by molar-refractivity contribution is 6.58. The molecule has 0 spiro atoms. The van der Waals surface area contributed by atoms with Crippen molar-refractivity contribution in [2.45, 2.75) is 13.0 Å². The van der Waals surface area contributed by atoms with Crippen LogP contribution in [0, 0.1) is 0 Å². The summed E-state index contributed by atoms with van der Waals surface area (Å²) >= 11 is 0. The maximum Gasteiger partial charge on any atom is 0.165 e. The van der Waals surface area contributed by atoms with Crippen LogP contribution in [-0.2, 0) is 4.74 Å². The Bertz CT molecular complexity index is 101. The molecule has 0 aliphatic heterocycles. The number of aliphatic imine (C=N–C) groups is 1. The lowest BCUT2D eigenvalue weighted by Gasteiger charge is -2.04. The van der Waals surface area contributed by atoms with Crippen LogP contribution in [0.2, 0.25) is 0 Å². The number of nitrogens with zero attached hydrogens (tertiary/aromatic N) is 1. The minimum atomic E-state index is 0.0899. The zero-order chi connectivity index (χ0) is 7.28. The third-order valence-electron chi connectivity index (χ3n) is 0.933. The van der Waals surface area contributed by atoms with Gasteiger partial charge in [0.25, 0.3) is 0 Å². The van der Waals surface area contributed by atoms with Crippen LogP contribution in [0.4, 0.5) is 0 Å². The first-order chi connectivity index (χ1) is 4.16. The largest absolute Gasteiger partial charge is 0.397 e. The molecule has 2 radical (unpaired) electrons. The van der Waals surface area contributed by atoms with Crippen LogP contribution in [0.5, 0.6) is 0 Å². The Morgan fingerprint density at radius 3 is 2.78 bits per heavy atom. The van der Waals surface area contributed by atoms with Crippen LogP contribution in [-0.4, -0.2) is 33.3 Å². The van der Waals surface area contributed by atoms with Gasteiger partial charge in [-0.15, -0.1) is 0 Å². The Morgan fingerprint density at radius 1 is 1.89 bits per heavy atom. The molecule has 3 nitrogen and oxygen atoms in total. The van der Waals surface area contributed by atoms with Gasteiger partial charge < -0.3 is 10.5 Å². The third kappa shape index (κ3) is 5.36. The molecule has 2 N–H and O–H groups in total. The molecule has 0 heterocycles. The summed E-state index contributed by atoms with van der Waals surface area (Å²) < 4.78 is 4.88. The molecule has 0 rings (SSSR count). The smallest absolute Gasteiger partial charge is 0.165 e. The highest BCUT2D eigenvalue weighted by atomic mass is 16.5. The fraction of sp³-hybridized carbons (Fsp3) is 0.800. The van der Waals surface area contributed by atoms with Crippen molar-refractivity contribution in [3.05, 3.63) is 0 Å². The van der Waals surface area contributed by atoms with Gasteiger partial charge in [0, 0.05) is 12.8 Å². The van der Waals surface area contributed by atoms with Gasteiger partial charge in [-0.25, -0.2) is 0 Å². The van der Waals surface area contributed by atoms with E-state index >= 15 is 0 Å². The topological polar surface area (TPSA) is 47.6 Å². The van der Waals surface area contributed by atoms with E-state index in [1.54, 1.807) is 7.11 Å². The van der Waals surface area contributed by atoms with Crippen molar-refractivity contribution in [3.63, 3.8) is 0 Å². The molecule has 1 atom stereocenters. The number of nitrogens with two attached hydrogens (primary N) is 1. The summed E-state index contributed by atoms with van der Waals surface area (Å²) in [7, 11) is 6.69. The summed E-state index contributed by atoms with van der Waals surface area (Å²) in [4.78, 5) is 3.74. The second kappa shape index (κ2) is 4.38. The van der Waals surface area contributed by atoms with E-state index in [0.29, 0.717) is 6.54 Å². The lowest BCUT2D eigenvalue weighted by molar-refractivity contribution is 0.126. The van der Waals surface area contributed by atoms with Crippen molar-refractivity contribution in [1.29, 1.82) is 0 Å². The third-order valence-corrected chi connectivity index (χ3v) is 0.933. The van der Waals surface area contributed by atoms with Crippen molar-refractivity contribution in [1.82, 2.24) is 0 Å². The van der Waals surface area contributed by atoms with E-state index < -0.39 is 0 Å².